The molecule has 0 atom stereocenters. The van der Waals surface area contributed by atoms with Crippen molar-refractivity contribution in [3.8, 4) is 0 Å². The van der Waals surface area contributed by atoms with Crippen molar-refractivity contribution >= 4 is 15.7 Å². The summed E-state index contributed by atoms with van der Waals surface area (Å²) in [5, 5.41) is 0. The van der Waals surface area contributed by atoms with Crippen LogP contribution in [0, 0.1) is 13.8 Å². The summed E-state index contributed by atoms with van der Waals surface area (Å²) in [6.45, 7) is 4.15. The lowest BCUT2D eigenvalue weighted by molar-refractivity contribution is 0.578. The molecule has 0 bridgehead atoms. The molecule has 24 heavy (non-hydrogen) atoms. The molecular weight excluding hydrogens is 320 g/mol. The molecule has 0 unspecified atom stereocenters. The molecular formula is C19H26N2O2S. The van der Waals surface area contributed by atoms with Crippen LogP contribution in [0.3, 0.4) is 0 Å². The highest BCUT2D eigenvalue weighted by Crippen LogP contribution is 2.17. The molecule has 1 N–H and O–H groups in total. The third kappa shape index (κ3) is 4.82. The highest BCUT2D eigenvalue weighted by atomic mass is 32.2. The fraction of sp³-hybridized carbons (Fsp3) is 0.368. The largest absolute Gasteiger partial charge is 0.378 e. The summed E-state index contributed by atoms with van der Waals surface area (Å²) < 4.78 is 27.5. The maximum Gasteiger partial charge on any atom is 0.240 e. The second-order valence-corrected chi connectivity index (χ2v) is 8.07. The van der Waals surface area contributed by atoms with Crippen LogP contribution in [0.15, 0.2) is 47.4 Å². The van der Waals surface area contributed by atoms with Crippen LogP contribution in [0.1, 0.15) is 23.1 Å². The van der Waals surface area contributed by atoms with Gasteiger partial charge >= 0.3 is 0 Å². The first-order valence-electron chi connectivity index (χ1n) is 8.13. The maximum atomic E-state index is 12.4. The SMILES string of the molecule is Cc1ccc(C)c(S(=O)(=O)NCCCc2ccc(N(C)C)cc2)c1. The average Bonchev–Trinajstić information content (AvgIpc) is 2.54. The topological polar surface area (TPSA) is 49.4 Å². The minimum Gasteiger partial charge on any atom is -0.378 e. The maximum absolute atomic E-state index is 12.4. The van der Waals surface area contributed by atoms with Gasteiger partial charge in [-0.05, 0) is 61.6 Å². The van der Waals surface area contributed by atoms with Gasteiger partial charge in [-0.3, -0.25) is 0 Å². The predicted octanol–water partition coefficient (Wildman–Crippen LogP) is 3.28. The standard InChI is InChI=1S/C19H26N2O2S/c1-15-7-8-16(2)19(14-15)24(22,23)20-13-5-6-17-9-11-18(12-10-17)21(3)4/h7-12,14,20H,5-6,13H2,1-4H3. The molecule has 4 nitrogen and oxygen atoms in total. The third-order valence-electron chi connectivity index (χ3n) is 4.02. The van der Waals surface area contributed by atoms with Crippen molar-refractivity contribution in [3.63, 3.8) is 0 Å². The molecule has 0 aliphatic heterocycles. The van der Waals surface area contributed by atoms with E-state index in [-0.39, 0.29) is 0 Å². The number of anilines is 1. The summed E-state index contributed by atoms with van der Waals surface area (Å²) in [5.74, 6) is 0. The van der Waals surface area contributed by atoms with E-state index in [0.29, 0.717) is 11.4 Å². The molecule has 0 amide bonds. The van der Waals surface area contributed by atoms with Crippen LogP contribution >= 0.6 is 0 Å². The number of nitrogens with one attached hydrogen (secondary N) is 1. The Bertz CT molecular complexity index is 782. The molecule has 0 saturated carbocycles. The molecule has 0 aromatic heterocycles. The molecule has 0 heterocycles. The van der Waals surface area contributed by atoms with Crippen LogP contribution in [-0.2, 0) is 16.4 Å². The van der Waals surface area contributed by atoms with E-state index >= 15 is 0 Å². The number of sulfonamides is 1. The Hall–Kier alpha value is -1.85. The summed E-state index contributed by atoms with van der Waals surface area (Å²) in [5.41, 5.74) is 4.09. The Morgan fingerprint density at radius 1 is 1.00 bits per heavy atom. The molecule has 0 aliphatic carbocycles. The van der Waals surface area contributed by atoms with Gasteiger partial charge < -0.3 is 4.90 Å². The Kier molecular flexibility index (Phi) is 6.02. The second kappa shape index (κ2) is 7.81. The first-order chi connectivity index (χ1) is 11.3. The minimum atomic E-state index is -3.44. The Labute approximate surface area is 145 Å². The van der Waals surface area contributed by atoms with Crippen LogP contribution in [0.4, 0.5) is 5.69 Å². The first kappa shape index (κ1) is 18.5. The quantitative estimate of drug-likeness (QED) is 0.783. The van der Waals surface area contributed by atoms with Gasteiger partial charge in [-0.15, -0.1) is 0 Å². The Morgan fingerprint density at radius 2 is 1.67 bits per heavy atom. The van der Waals surface area contributed by atoms with E-state index < -0.39 is 10.0 Å². The molecule has 2 aromatic rings. The van der Waals surface area contributed by atoms with Crippen molar-refractivity contribution in [1.82, 2.24) is 4.72 Å². The number of hydrogen-bond acceptors (Lipinski definition) is 3. The highest BCUT2D eigenvalue weighted by Gasteiger charge is 2.16. The van der Waals surface area contributed by atoms with Gasteiger partial charge in [-0.2, -0.15) is 0 Å². The van der Waals surface area contributed by atoms with Crippen molar-refractivity contribution in [2.75, 3.05) is 25.5 Å². The smallest absolute Gasteiger partial charge is 0.240 e. The fourth-order valence-corrected chi connectivity index (χ4v) is 3.94. The minimum absolute atomic E-state index is 0.373. The molecule has 0 saturated heterocycles. The zero-order chi connectivity index (χ0) is 17.7. The monoisotopic (exact) mass is 346 g/mol. The lowest BCUT2D eigenvalue weighted by Gasteiger charge is -2.13. The van der Waals surface area contributed by atoms with Gasteiger partial charge in [0.25, 0.3) is 0 Å². The molecule has 0 spiro atoms. The zero-order valence-electron chi connectivity index (χ0n) is 14.8. The van der Waals surface area contributed by atoms with Crippen LogP contribution < -0.4 is 9.62 Å². The second-order valence-electron chi connectivity index (χ2n) is 6.33. The van der Waals surface area contributed by atoms with Gasteiger partial charge in [0.1, 0.15) is 0 Å². The summed E-state index contributed by atoms with van der Waals surface area (Å²) in [6.07, 6.45) is 1.62. The summed E-state index contributed by atoms with van der Waals surface area (Å²) in [4.78, 5) is 2.43. The van der Waals surface area contributed by atoms with Gasteiger partial charge in [0.05, 0.1) is 4.90 Å². The molecule has 0 aliphatic rings. The van der Waals surface area contributed by atoms with Crippen LogP contribution in [-0.4, -0.2) is 29.1 Å². The van der Waals surface area contributed by atoms with Crippen molar-refractivity contribution in [3.05, 3.63) is 59.2 Å². The summed E-state index contributed by atoms with van der Waals surface area (Å²) >= 11 is 0. The highest BCUT2D eigenvalue weighted by molar-refractivity contribution is 7.89. The molecule has 2 rings (SSSR count). The van der Waals surface area contributed by atoms with Gasteiger partial charge in [-0.1, -0.05) is 24.3 Å². The lowest BCUT2D eigenvalue weighted by Crippen LogP contribution is -2.25. The van der Waals surface area contributed by atoms with Gasteiger partial charge in [-0.25, -0.2) is 13.1 Å². The van der Waals surface area contributed by atoms with Crippen molar-refractivity contribution < 1.29 is 8.42 Å². The van der Waals surface area contributed by atoms with Crippen LogP contribution in [0.2, 0.25) is 0 Å². The predicted molar refractivity (Wildman–Crippen MR) is 100 cm³/mol. The summed E-state index contributed by atoms with van der Waals surface area (Å²) in [7, 11) is 0.579. The number of rotatable bonds is 7. The average molecular weight is 346 g/mol. The van der Waals surface area contributed by atoms with Crippen molar-refractivity contribution in [2.24, 2.45) is 0 Å². The van der Waals surface area contributed by atoms with Gasteiger partial charge in [0.2, 0.25) is 10.0 Å². The van der Waals surface area contributed by atoms with E-state index in [0.717, 1.165) is 29.7 Å². The number of nitrogens with zero attached hydrogens (tertiary/aromatic N) is 1. The lowest BCUT2D eigenvalue weighted by atomic mass is 10.1. The van der Waals surface area contributed by atoms with E-state index in [2.05, 4.69) is 33.9 Å². The normalized spacial score (nSPS) is 11.5. The van der Waals surface area contributed by atoms with Crippen molar-refractivity contribution in [2.45, 2.75) is 31.6 Å². The Morgan fingerprint density at radius 3 is 2.29 bits per heavy atom. The molecule has 0 fully saturated rings. The van der Waals surface area contributed by atoms with E-state index in [4.69, 9.17) is 0 Å². The number of benzene rings is 2. The fourth-order valence-electron chi connectivity index (χ4n) is 2.53. The van der Waals surface area contributed by atoms with Crippen LogP contribution in [0.5, 0.6) is 0 Å². The van der Waals surface area contributed by atoms with Gasteiger partial charge in [0, 0.05) is 26.3 Å². The molecule has 130 valence electrons. The van der Waals surface area contributed by atoms with Gasteiger partial charge in [0.15, 0.2) is 0 Å². The zero-order valence-corrected chi connectivity index (χ0v) is 15.7. The first-order valence-corrected chi connectivity index (χ1v) is 9.61. The number of aryl methyl sites for hydroxylation is 3. The van der Waals surface area contributed by atoms with E-state index in [1.165, 1.54) is 5.56 Å². The van der Waals surface area contributed by atoms with Crippen LogP contribution in [0.25, 0.3) is 0 Å². The Balaban J connectivity index is 1.90. The third-order valence-corrected chi connectivity index (χ3v) is 5.62. The molecule has 5 heteroatoms. The van der Waals surface area contributed by atoms with E-state index in [9.17, 15) is 8.42 Å². The number of hydrogen-bond donors (Lipinski definition) is 1. The van der Waals surface area contributed by atoms with Crippen molar-refractivity contribution in [1.29, 1.82) is 0 Å². The molecule has 0 radical (unpaired) electrons. The summed E-state index contributed by atoms with van der Waals surface area (Å²) in [6, 6.07) is 13.8. The van der Waals surface area contributed by atoms with E-state index in [1.807, 2.05) is 40.1 Å². The molecule has 2 aromatic carbocycles. The van der Waals surface area contributed by atoms with E-state index in [1.54, 1.807) is 6.07 Å².